The van der Waals surface area contributed by atoms with Gasteiger partial charge < -0.3 is 0 Å². The van der Waals surface area contributed by atoms with Crippen LogP contribution in [0.1, 0.15) is 11.1 Å². The van der Waals surface area contributed by atoms with Crippen LogP contribution in [0.25, 0.3) is 49.5 Å². The van der Waals surface area contributed by atoms with Gasteiger partial charge in [-0.15, -0.1) is 0 Å². The molecule has 6 aromatic rings. The summed E-state index contributed by atoms with van der Waals surface area (Å²) in [6.07, 6.45) is 3.87. The topological polar surface area (TPSA) is 30.2 Å². The van der Waals surface area contributed by atoms with Crippen molar-refractivity contribution in [1.29, 1.82) is 0 Å². The lowest BCUT2D eigenvalue weighted by atomic mass is 9.99. The standard InChI is InChI=1S/C26H19N3/c1-16-7-5-8-17(2)25(16)24-15-28-26-20-11-4-3-10-19(20)21-14-22-18(9-6-12-27-22)13-23(21)29(24)26/h3-15H,1-2H3. The number of hydrogen-bond donors (Lipinski definition) is 0. The van der Waals surface area contributed by atoms with Crippen LogP contribution in [0.3, 0.4) is 0 Å². The first-order chi connectivity index (χ1) is 14.2. The van der Waals surface area contributed by atoms with E-state index in [4.69, 9.17) is 4.98 Å². The van der Waals surface area contributed by atoms with Crippen LogP contribution in [-0.2, 0) is 0 Å². The van der Waals surface area contributed by atoms with Gasteiger partial charge in [0, 0.05) is 27.9 Å². The second-order valence-corrected chi connectivity index (χ2v) is 7.68. The summed E-state index contributed by atoms with van der Waals surface area (Å²) in [5.41, 5.74) is 8.07. The normalized spacial score (nSPS) is 11.8. The molecule has 0 radical (unpaired) electrons. The maximum Gasteiger partial charge on any atom is 0.145 e. The van der Waals surface area contributed by atoms with Crippen LogP contribution in [0.4, 0.5) is 0 Å². The van der Waals surface area contributed by atoms with Crippen molar-refractivity contribution in [2.45, 2.75) is 13.8 Å². The van der Waals surface area contributed by atoms with Gasteiger partial charge in [0.15, 0.2) is 0 Å². The smallest absolute Gasteiger partial charge is 0.145 e. The molecule has 0 aliphatic heterocycles. The van der Waals surface area contributed by atoms with Gasteiger partial charge in [0.25, 0.3) is 0 Å². The Hall–Kier alpha value is -3.72. The molecular weight excluding hydrogens is 354 g/mol. The molecule has 3 heteroatoms. The zero-order valence-electron chi connectivity index (χ0n) is 16.3. The molecule has 3 aromatic carbocycles. The highest BCUT2D eigenvalue weighted by molar-refractivity contribution is 6.15. The fourth-order valence-corrected chi connectivity index (χ4v) is 4.60. The first-order valence-electron chi connectivity index (χ1n) is 9.85. The minimum Gasteiger partial charge on any atom is -0.292 e. The number of aryl methyl sites for hydroxylation is 2. The summed E-state index contributed by atoms with van der Waals surface area (Å²) in [5.74, 6) is 0. The van der Waals surface area contributed by atoms with Gasteiger partial charge in [-0.05, 0) is 48.6 Å². The Kier molecular flexibility index (Phi) is 3.30. The third-order valence-electron chi connectivity index (χ3n) is 5.92. The number of imidazole rings is 1. The first kappa shape index (κ1) is 16.3. The van der Waals surface area contributed by atoms with Crippen molar-refractivity contribution in [2.75, 3.05) is 0 Å². The fraction of sp³-hybridized carbons (Fsp3) is 0.0769. The molecular formula is C26H19N3. The molecule has 0 saturated carbocycles. The highest BCUT2D eigenvalue weighted by Crippen LogP contribution is 2.36. The van der Waals surface area contributed by atoms with E-state index in [1.165, 1.54) is 27.5 Å². The largest absolute Gasteiger partial charge is 0.292 e. The lowest BCUT2D eigenvalue weighted by molar-refractivity contribution is 1.25. The molecule has 138 valence electrons. The van der Waals surface area contributed by atoms with Crippen LogP contribution in [0.5, 0.6) is 0 Å². The van der Waals surface area contributed by atoms with Crippen LogP contribution in [-0.4, -0.2) is 14.4 Å². The average molecular weight is 373 g/mol. The summed E-state index contributed by atoms with van der Waals surface area (Å²) in [4.78, 5) is 9.47. The predicted molar refractivity (Wildman–Crippen MR) is 120 cm³/mol. The van der Waals surface area contributed by atoms with Gasteiger partial charge in [-0.3, -0.25) is 9.38 Å². The second-order valence-electron chi connectivity index (χ2n) is 7.68. The minimum atomic E-state index is 0.994. The Balaban J connectivity index is 1.90. The van der Waals surface area contributed by atoms with E-state index in [0.29, 0.717) is 0 Å². The van der Waals surface area contributed by atoms with Crippen molar-refractivity contribution in [3.05, 3.63) is 90.3 Å². The molecule has 0 aliphatic rings. The lowest BCUT2D eigenvalue weighted by Gasteiger charge is -2.14. The highest BCUT2D eigenvalue weighted by Gasteiger charge is 2.17. The molecule has 0 fully saturated rings. The van der Waals surface area contributed by atoms with Crippen molar-refractivity contribution in [3.8, 4) is 11.3 Å². The second kappa shape index (κ2) is 5.89. The van der Waals surface area contributed by atoms with Gasteiger partial charge >= 0.3 is 0 Å². The van der Waals surface area contributed by atoms with Gasteiger partial charge in [-0.25, -0.2) is 4.98 Å². The number of pyridine rings is 2. The molecule has 0 spiro atoms. The number of nitrogens with zero attached hydrogens (tertiary/aromatic N) is 3. The molecule has 6 rings (SSSR count). The van der Waals surface area contributed by atoms with Crippen molar-refractivity contribution in [2.24, 2.45) is 0 Å². The zero-order valence-corrected chi connectivity index (χ0v) is 16.3. The number of hydrogen-bond acceptors (Lipinski definition) is 2. The molecule has 0 unspecified atom stereocenters. The number of fused-ring (bicyclic) bond motifs is 7. The summed E-state index contributed by atoms with van der Waals surface area (Å²) < 4.78 is 2.32. The summed E-state index contributed by atoms with van der Waals surface area (Å²) in [7, 11) is 0. The molecule has 0 aliphatic carbocycles. The van der Waals surface area contributed by atoms with E-state index in [1.807, 2.05) is 18.5 Å². The summed E-state index contributed by atoms with van der Waals surface area (Å²) in [6, 6.07) is 23.5. The van der Waals surface area contributed by atoms with Gasteiger partial charge in [0.2, 0.25) is 0 Å². The van der Waals surface area contributed by atoms with Gasteiger partial charge in [0.1, 0.15) is 5.65 Å². The van der Waals surface area contributed by atoms with E-state index < -0.39 is 0 Å². The molecule has 3 aromatic heterocycles. The molecule has 3 heterocycles. The maximum atomic E-state index is 4.88. The van der Waals surface area contributed by atoms with Gasteiger partial charge in [0.05, 0.1) is 22.9 Å². The molecule has 0 bridgehead atoms. The van der Waals surface area contributed by atoms with Crippen LogP contribution in [0, 0.1) is 13.8 Å². The first-order valence-corrected chi connectivity index (χ1v) is 9.85. The fourth-order valence-electron chi connectivity index (χ4n) is 4.60. The van der Waals surface area contributed by atoms with E-state index in [1.54, 1.807) is 0 Å². The van der Waals surface area contributed by atoms with Crippen LogP contribution in [0.2, 0.25) is 0 Å². The van der Waals surface area contributed by atoms with Crippen LogP contribution >= 0.6 is 0 Å². The monoisotopic (exact) mass is 373 g/mol. The minimum absolute atomic E-state index is 0.994. The maximum absolute atomic E-state index is 4.88. The van der Waals surface area contributed by atoms with Crippen molar-refractivity contribution in [1.82, 2.24) is 14.4 Å². The third-order valence-corrected chi connectivity index (χ3v) is 5.92. The Bertz CT molecular complexity index is 1550. The number of aromatic nitrogens is 3. The summed E-state index contributed by atoms with van der Waals surface area (Å²) in [5, 5.41) is 4.71. The molecule has 0 N–H and O–H groups in total. The van der Waals surface area contributed by atoms with E-state index in [2.05, 4.69) is 83.9 Å². The molecule has 0 amide bonds. The Morgan fingerprint density at radius 3 is 2.34 bits per heavy atom. The zero-order chi connectivity index (χ0) is 19.5. The predicted octanol–water partition coefficient (Wildman–Crippen LogP) is 6.47. The Morgan fingerprint density at radius 2 is 1.52 bits per heavy atom. The summed E-state index contributed by atoms with van der Waals surface area (Å²) >= 11 is 0. The average Bonchev–Trinajstić information content (AvgIpc) is 3.18. The van der Waals surface area contributed by atoms with E-state index in [-0.39, 0.29) is 0 Å². The lowest BCUT2D eigenvalue weighted by Crippen LogP contribution is -1.97. The third kappa shape index (κ3) is 2.24. The van der Waals surface area contributed by atoms with Crippen molar-refractivity contribution >= 4 is 38.2 Å². The molecule has 0 saturated heterocycles. The molecule has 0 atom stereocenters. The van der Waals surface area contributed by atoms with Crippen LogP contribution < -0.4 is 0 Å². The summed E-state index contributed by atoms with van der Waals surface area (Å²) in [6.45, 7) is 4.34. The van der Waals surface area contributed by atoms with Gasteiger partial charge in [-0.1, -0.05) is 48.5 Å². The van der Waals surface area contributed by atoms with Gasteiger partial charge in [-0.2, -0.15) is 0 Å². The Morgan fingerprint density at radius 1 is 0.724 bits per heavy atom. The van der Waals surface area contributed by atoms with E-state index in [9.17, 15) is 0 Å². The Labute approximate surface area is 168 Å². The van der Waals surface area contributed by atoms with Crippen molar-refractivity contribution < 1.29 is 0 Å². The number of rotatable bonds is 1. The van der Waals surface area contributed by atoms with E-state index >= 15 is 0 Å². The van der Waals surface area contributed by atoms with Crippen molar-refractivity contribution in [3.63, 3.8) is 0 Å². The van der Waals surface area contributed by atoms with Crippen LogP contribution in [0.15, 0.2) is 79.1 Å². The van der Waals surface area contributed by atoms with E-state index in [0.717, 1.165) is 33.1 Å². The highest BCUT2D eigenvalue weighted by atomic mass is 15.0. The number of benzene rings is 3. The molecule has 3 nitrogen and oxygen atoms in total. The quantitative estimate of drug-likeness (QED) is 0.244. The SMILES string of the molecule is Cc1cccc(C)c1-c1cnc2c3ccccc3c3cc4ncccc4cc3n12. The molecule has 29 heavy (non-hydrogen) atoms.